The van der Waals surface area contributed by atoms with Gasteiger partial charge in [-0.15, -0.1) is 0 Å². The Morgan fingerprint density at radius 1 is 1.50 bits per heavy atom. The molecule has 1 fully saturated rings. The van der Waals surface area contributed by atoms with Crippen LogP contribution in [0.3, 0.4) is 0 Å². The van der Waals surface area contributed by atoms with E-state index in [4.69, 9.17) is 10.6 Å². The van der Waals surface area contributed by atoms with Gasteiger partial charge in [0, 0.05) is 20.1 Å². The number of nitrogens with one attached hydrogen (secondary N) is 1. The summed E-state index contributed by atoms with van der Waals surface area (Å²) in [5, 5.41) is 4.45. The molecule has 1 saturated carbocycles. The smallest absolute Gasteiger partial charge is 0.0851 e. The summed E-state index contributed by atoms with van der Waals surface area (Å²) in [5.74, 6) is 5.85. The Labute approximate surface area is 129 Å². The van der Waals surface area contributed by atoms with Crippen LogP contribution in [0.4, 0.5) is 0 Å². The fraction of sp³-hybridized carbons (Fsp3) is 0.786. The zero-order valence-corrected chi connectivity index (χ0v) is 14.2. The highest BCUT2D eigenvalue weighted by atomic mass is 79.9. The lowest BCUT2D eigenvalue weighted by Crippen LogP contribution is -2.55. The molecule has 1 unspecified atom stereocenters. The SMILES string of the molecule is CCOC1(C(Cc2c(Br)c(C)nn2C)NN)CCCC1. The molecular formula is C14H25BrN4O. The van der Waals surface area contributed by atoms with Gasteiger partial charge in [-0.05, 0) is 42.6 Å². The van der Waals surface area contributed by atoms with Crippen LogP contribution < -0.4 is 11.3 Å². The van der Waals surface area contributed by atoms with Crippen LogP contribution in [0.1, 0.15) is 44.0 Å². The lowest BCUT2D eigenvalue weighted by molar-refractivity contribution is -0.0617. The summed E-state index contributed by atoms with van der Waals surface area (Å²) in [6, 6.07) is 0.107. The first kappa shape index (κ1) is 15.9. The molecule has 3 N–H and O–H groups in total. The van der Waals surface area contributed by atoms with Crippen LogP contribution in [-0.2, 0) is 18.2 Å². The third kappa shape index (κ3) is 2.93. The molecule has 2 rings (SSSR count). The lowest BCUT2D eigenvalue weighted by Gasteiger charge is -2.37. The molecule has 0 spiro atoms. The van der Waals surface area contributed by atoms with Crippen LogP contribution in [-0.4, -0.2) is 28.0 Å². The molecule has 0 aliphatic heterocycles. The quantitative estimate of drug-likeness (QED) is 0.613. The van der Waals surface area contributed by atoms with Crippen LogP contribution in [0.25, 0.3) is 0 Å². The van der Waals surface area contributed by atoms with Gasteiger partial charge < -0.3 is 4.74 Å². The van der Waals surface area contributed by atoms with Crippen molar-refractivity contribution in [2.75, 3.05) is 6.61 Å². The van der Waals surface area contributed by atoms with Gasteiger partial charge in [0.05, 0.1) is 27.5 Å². The van der Waals surface area contributed by atoms with E-state index in [-0.39, 0.29) is 11.6 Å². The summed E-state index contributed by atoms with van der Waals surface area (Å²) in [5.41, 5.74) is 5.03. The molecule has 1 aromatic rings. The number of aryl methyl sites for hydroxylation is 2. The van der Waals surface area contributed by atoms with Gasteiger partial charge in [-0.3, -0.25) is 16.0 Å². The number of nitrogens with zero attached hydrogens (tertiary/aromatic N) is 2. The Morgan fingerprint density at radius 3 is 2.60 bits per heavy atom. The Morgan fingerprint density at radius 2 is 2.15 bits per heavy atom. The van der Waals surface area contributed by atoms with Gasteiger partial charge in [0.2, 0.25) is 0 Å². The van der Waals surface area contributed by atoms with Crippen molar-refractivity contribution < 1.29 is 4.74 Å². The highest BCUT2D eigenvalue weighted by Gasteiger charge is 2.42. The van der Waals surface area contributed by atoms with E-state index in [9.17, 15) is 0 Å². The average Bonchev–Trinajstić information content (AvgIpc) is 2.96. The van der Waals surface area contributed by atoms with Crippen LogP contribution >= 0.6 is 15.9 Å². The molecule has 20 heavy (non-hydrogen) atoms. The third-order valence-electron chi connectivity index (χ3n) is 4.38. The summed E-state index contributed by atoms with van der Waals surface area (Å²) in [7, 11) is 1.97. The summed E-state index contributed by atoms with van der Waals surface area (Å²) in [6.45, 7) is 4.79. The summed E-state index contributed by atoms with van der Waals surface area (Å²) in [4.78, 5) is 0. The van der Waals surface area contributed by atoms with E-state index in [0.717, 1.165) is 41.7 Å². The molecule has 0 saturated heterocycles. The molecule has 6 heteroatoms. The molecule has 1 atom stereocenters. The lowest BCUT2D eigenvalue weighted by atomic mass is 9.89. The van der Waals surface area contributed by atoms with E-state index in [1.54, 1.807) is 0 Å². The van der Waals surface area contributed by atoms with E-state index >= 15 is 0 Å². The number of nitrogens with two attached hydrogens (primary N) is 1. The Balaban J connectivity index is 2.23. The molecular weight excluding hydrogens is 320 g/mol. The maximum Gasteiger partial charge on any atom is 0.0851 e. The highest BCUT2D eigenvalue weighted by molar-refractivity contribution is 9.10. The molecule has 1 heterocycles. The van der Waals surface area contributed by atoms with E-state index in [1.807, 2.05) is 18.7 Å². The first-order valence-electron chi connectivity index (χ1n) is 7.32. The number of hydrazine groups is 1. The summed E-state index contributed by atoms with van der Waals surface area (Å²) in [6.07, 6.45) is 5.39. The van der Waals surface area contributed by atoms with E-state index in [1.165, 1.54) is 12.8 Å². The maximum atomic E-state index is 6.11. The topological polar surface area (TPSA) is 65.1 Å². The number of hydrogen-bond acceptors (Lipinski definition) is 4. The van der Waals surface area contributed by atoms with Crippen LogP contribution in [0.5, 0.6) is 0 Å². The summed E-state index contributed by atoms with van der Waals surface area (Å²) >= 11 is 3.63. The van der Waals surface area contributed by atoms with Gasteiger partial charge in [0.25, 0.3) is 0 Å². The predicted molar refractivity (Wildman–Crippen MR) is 83.3 cm³/mol. The molecule has 5 nitrogen and oxygen atoms in total. The van der Waals surface area contributed by atoms with E-state index in [2.05, 4.69) is 33.4 Å². The van der Waals surface area contributed by atoms with Crippen molar-refractivity contribution in [1.82, 2.24) is 15.2 Å². The minimum absolute atomic E-state index is 0.107. The summed E-state index contributed by atoms with van der Waals surface area (Å²) < 4.78 is 9.12. The van der Waals surface area contributed by atoms with Gasteiger partial charge in [-0.25, -0.2) is 0 Å². The van der Waals surface area contributed by atoms with Gasteiger partial charge in [-0.1, -0.05) is 12.8 Å². The highest BCUT2D eigenvalue weighted by Crippen LogP contribution is 2.38. The minimum atomic E-state index is -0.138. The fourth-order valence-corrected chi connectivity index (χ4v) is 3.84. The Kier molecular flexibility index (Phi) is 5.23. The molecule has 1 aliphatic rings. The van der Waals surface area contributed by atoms with Crippen molar-refractivity contribution in [3.05, 3.63) is 15.9 Å². The molecule has 0 bridgehead atoms. The fourth-order valence-electron chi connectivity index (χ4n) is 3.35. The Bertz CT molecular complexity index is 454. The molecule has 1 aromatic heterocycles. The third-order valence-corrected chi connectivity index (χ3v) is 5.41. The van der Waals surface area contributed by atoms with Gasteiger partial charge in [0.1, 0.15) is 0 Å². The second-order valence-electron chi connectivity index (χ2n) is 5.60. The number of hydrogen-bond donors (Lipinski definition) is 2. The number of halogens is 1. The largest absolute Gasteiger partial charge is 0.374 e. The van der Waals surface area contributed by atoms with Crippen molar-refractivity contribution >= 4 is 15.9 Å². The number of aromatic nitrogens is 2. The van der Waals surface area contributed by atoms with Gasteiger partial charge in [-0.2, -0.15) is 5.10 Å². The number of ether oxygens (including phenoxy) is 1. The minimum Gasteiger partial charge on any atom is -0.374 e. The molecule has 0 aromatic carbocycles. The van der Waals surface area contributed by atoms with Crippen LogP contribution in [0.15, 0.2) is 4.47 Å². The van der Waals surface area contributed by atoms with Crippen molar-refractivity contribution in [1.29, 1.82) is 0 Å². The monoisotopic (exact) mass is 344 g/mol. The van der Waals surface area contributed by atoms with Crippen molar-refractivity contribution in [2.24, 2.45) is 12.9 Å². The molecule has 0 radical (unpaired) electrons. The average molecular weight is 345 g/mol. The normalized spacial score (nSPS) is 19.4. The predicted octanol–water partition coefficient (Wildman–Crippen LogP) is 2.21. The zero-order chi connectivity index (χ0) is 14.8. The molecule has 1 aliphatic carbocycles. The first-order chi connectivity index (χ1) is 9.54. The van der Waals surface area contributed by atoms with Gasteiger partial charge >= 0.3 is 0 Å². The first-order valence-corrected chi connectivity index (χ1v) is 8.11. The zero-order valence-electron chi connectivity index (χ0n) is 12.6. The van der Waals surface area contributed by atoms with Crippen molar-refractivity contribution in [2.45, 2.75) is 57.6 Å². The second-order valence-corrected chi connectivity index (χ2v) is 6.39. The number of rotatable bonds is 6. The second kappa shape index (κ2) is 6.56. The molecule has 114 valence electrons. The van der Waals surface area contributed by atoms with Crippen LogP contribution in [0, 0.1) is 6.92 Å². The van der Waals surface area contributed by atoms with E-state index in [0.29, 0.717) is 0 Å². The van der Waals surface area contributed by atoms with Crippen molar-refractivity contribution in [3.63, 3.8) is 0 Å². The van der Waals surface area contributed by atoms with Crippen molar-refractivity contribution in [3.8, 4) is 0 Å². The van der Waals surface area contributed by atoms with Gasteiger partial charge in [0.15, 0.2) is 0 Å². The van der Waals surface area contributed by atoms with E-state index < -0.39 is 0 Å². The Hall–Kier alpha value is -0.430. The standard InChI is InChI=1S/C14H25BrN4O/c1-4-20-14(7-5-6-8-14)12(17-16)9-11-13(15)10(2)18-19(11)3/h12,17H,4-9,16H2,1-3H3. The maximum absolute atomic E-state index is 6.11. The van der Waals surface area contributed by atoms with Crippen LogP contribution in [0.2, 0.25) is 0 Å². The molecule has 0 amide bonds.